The van der Waals surface area contributed by atoms with Crippen molar-refractivity contribution in [2.24, 2.45) is 0 Å². The van der Waals surface area contributed by atoms with Gasteiger partial charge in [0.25, 0.3) is 11.6 Å². The number of benzene rings is 1. The summed E-state index contributed by atoms with van der Waals surface area (Å²) in [6.45, 7) is -0.104. The second-order valence-corrected chi connectivity index (χ2v) is 6.32. The van der Waals surface area contributed by atoms with Crippen LogP contribution >= 0.6 is 11.3 Å². The van der Waals surface area contributed by atoms with Crippen LogP contribution in [0.2, 0.25) is 0 Å². The van der Waals surface area contributed by atoms with E-state index in [4.69, 9.17) is 4.74 Å². The second-order valence-electron chi connectivity index (χ2n) is 5.29. The SMILES string of the molecule is CN(C)c1ccc([N+](=O)[O-])cc1C(=O)OCC(=O)NCc1cccs1. The largest absolute Gasteiger partial charge is 0.452 e. The zero-order valence-corrected chi connectivity index (χ0v) is 14.5. The zero-order valence-electron chi connectivity index (χ0n) is 13.7. The lowest BCUT2D eigenvalue weighted by Gasteiger charge is -2.16. The Labute approximate surface area is 148 Å². The van der Waals surface area contributed by atoms with E-state index in [1.807, 2.05) is 17.5 Å². The van der Waals surface area contributed by atoms with Crippen LogP contribution in [0, 0.1) is 10.1 Å². The number of amides is 1. The molecule has 132 valence electrons. The summed E-state index contributed by atoms with van der Waals surface area (Å²) in [5, 5.41) is 15.4. The molecule has 0 atom stereocenters. The molecule has 0 bridgehead atoms. The maximum Gasteiger partial charge on any atom is 0.341 e. The first kappa shape index (κ1) is 18.4. The first-order chi connectivity index (χ1) is 11.9. The molecule has 0 spiro atoms. The van der Waals surface area contributed by atoms with Crippen LogP contribution in [0.1, 0.15) is 15.2 Å². The van der Waals surface area contributed by atoms with E-state index in [0.29, 0.717) is 12.2 Å². The van der Waals surface area contributed by atoms with Crippen molar-refractivity contribution in [2.75, 3.05) is 25.6 Å². The minimum absolute atomic E-state index is 0.0326. The van der Waals surface area contributed by atoms with Crippen LogP contribution in [0.4, 0.5) is 11.4 Å². The third-order valence-electron chi connectivity index (χ3n) is 3.27. The second kappa shape index (κ2) is 8.25. The summed E-state index contributed by atoms with van der Waals surface area (Å²) < 4.78 is 4.99. The van der Waals surface area contributed by atoms with Crippen molar-refractivity contribution in [1.29, 1.82) is 0 Å². The van der Waals surface area contributed by atoms with E-state index in [9.17, 15) is 19.7 Å². The lowest BCUT2D eigenvalue weighted by atomic mass is 10.1. The molecule has 0 aliphatic heterocycles. The smallest absolute Gasteiger partial charge is 0.341 e. The molecule has 1 N–H and O–H groups in total. The number of carbonyl (C=O) groups is 2. The van der Waals surface area contributed by atoms with Gasteiger partial charge in [0.15, 0.2) is 6.61 Å². The summed E-state index contributed by atoms with van der Waals surface area (Å²) in [5.74, 6) is -1.24. The van der Waals surface area contributed by atoms with Crippen LogP contribution in [0.25, 0.3) is 0 Å². The Morgan fingerprint density at radius 3 is 2.68 bits per heavy atom. The molecular formula is C16H17N3O5S. The zero-order chi connectivity index (χ0) is 18.4. The number of rotatable bonds is 7. The summed E-state index contributed by atoms with van der Waals surface area (Å²) in [7, 11) is 3.40. The molecule has 25 heavy (non-hydrogen) atoms. The predicted molar refractivity (Wildman–Crippen MR) is 93.9 cm³/mol. The number of nitrogens with zero attached hydrogens (tertiary/aromatic N) is 2. The van der Waals surface area contributed by atoms with Crippen LogP contribution in [0.5, 0.6) is 0 Å². The quantitative estimate of drug-likeness (QED) is 0.460. The molecule has 0 aliphatic carbocycles. The van der Waals surface area contributed by atoms with Crippen molar-refractivity contribution in [3.8, 4) is 0 Å². The van der Waals surface area contributed by atoms with Gasteiger partial charge in [-0.1, -0.05) is 6.07 Å². The standard InChI is InChI=1S/C16H17N3O5S/c1-18(2)14-6-5-11(19(22)23)8-13(14)16(21)24-10-15(20)17-9-12-4-3-7-25-12/h3-8H,9-10H2,1-2H3,(H,17,20). The van der Waals surface area contributed by atoms with Crippen LogP contribution in [-0.2, 0) is 16.1 Å². The lowest BCUT2D eigenvalue weighted by Crippen LogP contribution is -2.28. The van der Waals surface area contributed by atoms with E-state index >= 15 is 0 Å². The van der Waals surface area contributed by atoms with Crippen molar-refractivity contribution in [3.05, 3.63) is 56.3 Å². The monoisotopic (exact) mass is 363 g/mol. The molecular weight excluding hydrogens is 346 g/mol. The predicted octanol–water partition coefficient (Wildman–Crippen LogP) is 2.20. The number of non-ortho nitro benzene ring substituents is 1. The van der Waals surface area contributed by atoms with E-state index < -0.39 is 23.4 Å². The topological polar surface area (TPSA) is 102 Å². The first-order valence-electron chi connectivity index (χ1n) is 7.30. The van der Waals surface area contributed by atoms with Gasteiger partial charge in [-0.2, -0.15) is 0 Å². The Balaban J connectivity index is 2.00. The number of anilines is 1. The number of carbonyl (C=O) groups excluding carboxylic acids is 2. The Morgan fingerprint density at radius 1 is 1.32 bits per heavy atom. The molecule has 9 heteroatoms. The highest BCUT2D eigenvalue weighted by Gasteiger charge is 2.20. The summed E-state index contributed by atoms with van der Waals surface area (Å²) in [6.07, 6.45) is 0. The van der Waals surface area contributed by atoms with Gasteiger partial charge in [0.1, 0.15) is 0 Å². The van der Waals surface area contributed by atoms with Crippen LogP contribution in [0.3, 0.4) is 0 Å². The molecule has 2 aromatic rings. The summed E-state index contributed by atoms with van der Waals surface area (Å²) in [6, 6.07) is 7.66. The highest BCUT2D eigenvalue weighted by atomic mass is 32.1. The average Bonchev–Trinajstić information content (AvgIpc) is 3.10. The lowest BCUT2D eigenvalue weighted by molar-refractivity contribution is -0.384. The maximum absolute atomic E-state index is 12.2. The number of nitrogens with one attached hydrogen (secondary N) is 1. The van der Waals surface area contributed by atoms with E-state index in [0.717, 1.165) is 10.9 Å². The number of nitro benzene ring substituents is 1. The summed E-state index contributed by atoms with van der Waals surface area (Å²) in [4.78, 5) is 36.9. The molecule has 0 saturated heterocycles. The van der Waals surface area contributed by atoms with Gasteiger partial charge in [-0.3, -0.25) is 14.9 Å². The van der Waals surface area contributed by atoms with Gasteiger partial charge < -0.3 is 15.0 Å². The molecule has 0 radical (unpaired) electrons. The number of hydrogen-bond donors (Lipinski definition) is 1. The molecule has 0 unspecified atom stereocenters. The third-order valence-corrected chi connectivity index (χ3v) is 4.14. The number of thiophene rings is 1. The van der Waals surface area contributed by atoms with Crippen molar-refractivity contribution >= 4 is 34.6 Å². The minimum atomic E-state index is -0.793. The molecule has 0 saturated carbocycles. The highest BCUT2D eigenvalue weighted by Crippen LogP contribution is 2.24. The van der Waals surface area contributed by atoms with E-state index in [1.165, 1.54) is 23.5 Å². The highest BCUT2D eigenvalue weighted by molar-refractivity contribution is 7.09. The summed E-state index contributed by atoms with van der Waals surface area (Å²) in [5.41, 5.74) is 0.277. The van der Waals surface area contributed by atoms with Crippen molar-refractivity contribution in [1.82, 2.24) is 5.32 Å². The van der Waals surface area contributed by atoms with Crippen molar-refractivity contribution in [2.45, 2.75) is 6.54 Å². The van der Waals surface area contributed by atoms with Crippen LogP contribution < -0.4 is 10.2 Å². The fraction of sp³-hybridized carbons (Fsp3) is 0.250. The number of ether oxygens (including phenoxy) is 1. The van der Waals surface area contributed by atoms with Crippen molar-refractivity contribution < 1.29 is 19.2 Å². The Morgan fingerprint density at radius 2 is 2.08 bits per heavy atom. The minimum Gasteiger partial charge on any atom is -0.452 e. The fourth-order valence-electron chi connectivity index (χ4n) is 2.05. The van der Waals surface area contributed by atoms with Gasteiger partial charge in [-0.05, 0) is 17.5 Å². The van der Waals surface area contributed by atoms with Crippen LogP contribution in [0.15, 0.2) is 35.7 Å². The van der Waals surface area contributed by atoms with Gasteiger partial charge in [0, 0.05) is 31.1 Å². The molecule has 0 fully saturated rings. The third kappa shape index (κ3) is 5.01. The Kier molecular flexibility index (Phi) is 6.07. The normalized spacial score (nSPS) is 10.2. The van der Waals surface area contributed by atoms with Gasteiger partial charge in [0.05, 0.1) is 22.7 Å². The number of esters is 1. The molecule has 1 heterocycles. The Hall–Kier alpha value is -2.94. The first-order valence-corrected chi connectivity index (χ1v) is 8.18. The van der Waals surface area contributed by atoms with E-state index in [-0.39, 0.29) is 11.3 Å². The van der Waals surface area contributed by atoms with Gasteiger partial charge in [-0.15, -0.1) is 11.3 Å². The van der Waals surface area contributed by atoms with E-state index in [1.54, 1.807) is 19.0 Å². The fourth-order valence-corrected chi connectivity index (χ4v) is 2.69. The molecule has 8 nitrogen and oxygen atoms in total. The van der Waals surface area contributed by atoms with E-state index in [2.05, 4.69) is 5.32 Å². The molecule has 1 aromatic carbocycles. The molecule has 1 aromatic heterocycles. The van der Waals surface area contributed by atoms with Crippen LogP contribution in [-0.4, -0.2) is 37.5 Å². The number of nitro groups is 1. The van der Waals surface area contributed by atoms with Gasteiger partial charge in [0.2, 0.25) is 0 Å². The molecule has 2 rings (SSSR count). The number of hydrogen-bond acceptors (Lipinski definition) is 7. The van der Waals surface area contributed by atoms with Crippen molar-refractivity contribution in [3.63, 3.8) is 0 Å². The van der Waals surface area contributed by atoms with Gasteiger partial charge in [-0.25, -0.2) is 4.79 Å². The molecule has 0 aliphatic rings. The molecule has 1 amide bonds. The Bertz CT molecular complexity index is 774. The maximum atomic E-state index is 12.2. The summed E-state index contributed by atoms with van der Waals surface area (Å²) >= 11 is 1.50. The average molecular weight is 363 g/mol. The van der Waals surface area contributed by atoms with Gasteiger partial charge >= 0.3 is 5.97 Å².